The van der Waals surface area contributed by atoms with Gasteiger partial charge >= 0.3 is 12.1 Å². The maximum atomic E-state index is 12.5. The van der Waals surface area contributed by atoms with Gasteiger partial charge in [-0.15, -0.1) is 6.58 Å². The highest BCUT2D eigenvalue weighted by Gasteiger charge is 2.62. The minimum absolute atomic E-state index is 0.108. The number of ether oxygens (including phenoxy) is 1. The highest BCUT2D eigenvalue weighted by molar-refractivity contribution is 5.80. The lowest BCUT2D eigenvalue weighted by molar-refractivity contribution is -0.521. The number of esters is 1. The lowest BCUT2D eigenvalue weighted by atomic mass is 9.96. The molecule has 0 fully saturated rings. The highest BCUT2D eigenvalue weighted by Crippen LogP contribution is 2.30. The normalized spacial score (nSPS) is 15.8. The van der Waals surface area contributed by atoms with Crippen molar-refractivity contribution in [3.05, 3.63) is 12.7 Å². The molecule has 0 aromatic carbocycles. The monoisotopic (exact) mass is 212 g/mol. The fourth-order valence-electron chi connectivity index (χ4n) is 0.830. The van der Waals surface area contributed by atoms with Crippen LogP contribution in [0.15, 0.2) is 12.7 Å². The van der Waals surface area contributed by atoms with E-state index >= 15 is 0 Å². The van der Waals surface area contributed by atoms with E-state index in [2.05, 4.69) is 17.0 Å². The van der Waals surface area contributed by atoms with Crippen molar-refractivity contribution in [2.45, 2.75) is 25.1 Å². The van der Waals surface area contributed by atoms with Gasteiger partial charge in [-0.2, -0.15) is 13.2 Å². The zero-order chi connectivity index (χ0) is 11.4. The Balaban J connectivity index is 4.89. The molecule has 0 aliphatic rings. The van der Waals surface area contributed by atoms with Gasteiger partial charge in [-0.1, -0.05) is 6.08 Å². The molecule has 14 heavy (non-hydrogen) atoms. The molecule has 0 heterocycles. The van der Waals surface area contributed by atoms with Gasteiger partial charge < -0.3 is 10.5 Å². The Kier molecular flexibility index (Phi) is 4.12. The van der Waals surface area contributed by atoms with Crippen LogP contribution < -0.4 is 5.73 Å². The van der Waals surface area contributed by atoms with Crippen molar-refractivity contribution >= 4 is 5.97 Å². The molecule has 0 aromatic heterocycles. The van der Waals surface area contributed by atoms with E-state index in [1.165, 1.54) is 6.92 Å². The summed E-state index contributed by atoms with van der Waals surface area (Å²) in [6.07, 6.45) is -4.32. The van der Waals surface area contributed by atoms with Crippen LogP contribution in [0.25, 0.3) is 0 Å². The summed E-state index contributed by atoms with van der Waals surface area (Å²) in [6.45, 7) is 4.48. The van der Waals surface area contributed by atoms with Gasteiger partial charge in [0, 0.05) is 6.42 Å². The first-order valence-corrected chi connectivity index (χ1v) is 3.99. The smallest absolute Gasteiger partial charge is 0.456 e. The summed E-state index contributed by atoms with van der Waals surface area (Å²) in [5, 5.41) is 0. The number of alkyl halides is 3. The molecule has 0 aliphatic heterocycles. The summed E-state index contributed by atoms with van der Waals surface area (Å²) in [5.41, 5.74) is 0.147. The van der Waals surface area contributed by atoms with Crippen LogP contribution in [-0.4, -0.2) is 24.3 Å². The number of rotatable bonds is 4. The molecule has 0 aromatic rings. The summed E-state index contributed by atoms with van der Waals surface area (Å²) in [5.74, 6) is -1.37. The van der Waals surface area contributed by atoms with Crippen molar-refractivity contribution < 1.29 is 28.4 Å². The minimum atomic E-state index is -4.73. The van der Waals surface area contributed by atoms with Crippen LogP contribution in [-0.2, 0) is 9.53 Å². The predicted molar refractivity (Wildman–Crippen MR) is 43.1 cm³/mol. The second-order valence-corrected chi connectivity index (χ2v) is 2.79. The van der Waals surface area contributed by atoms with Crippen LogP contribution in [0.4, 0.5) is 13.2 Å². The van der Waals surface area contributed by atoms with E-state index < -0.39 is 24.1 Å². The number of carbonyl (C=O) groups is 1. The van der Waals surface area contributed by atoms with Crippen molar-refractivity contribution in [1.29, 1.82) is 0 Å². The van der Waals surface area contributed by atoms with Crippen LogP contribution in [0, 0.1) is 0 Å². The molecule has 0 saturated carbocycles. The van der Waals surface area contributed by atoms with Gasteiger partial charge in [-0.25, -0.2) is 4.79 Å². The van der Waals surface area contributed by atoms with Crippen molar-refractivity contribution in [3.8, 4) is 0 Å². The Morgan fingerprint density at radius 1 is 1.57 bits per heavy atom. The molecule has 0 radical (unpaired) electrons. The first-order chi connectivity index (χ1) is 6.29. The first kappa shape index (κ1) is 13.0. The number of carbonyl (C=O) groups excluding carboxylic acids is 1. The highest BCUT2D eigenvalue weighted by atomic mass is 19.4. The maximum absolute atomic E-state index is 12.5. The summed E-state index contributed by atoms with van der Waals surface area (Å²) in [7, 11) is 0. The quantitative estimate of drug-likeness (QED) is 0.550. The van der Waals surface area contributed by atoms with Gasteiger partial charge in [-0.3, -0.25) is 0 Å². The third-order valence-corrected chi connectivity index (χ3v) is 1.70. The lowest BCUT2D eigenvalue weighted by Crippen LogP contribution is -2.83. The summed E-state index contributed by atoms with van der Waals surface area (Å²) in [4.78, 5) is 11.0. The molecule has 0 bridgehead atoms. The molecule has 82 valence electrons. The Morgan fingerprint density at radius 3 is 2.36 bits per heavy atom. The fourth-order valence-corrected chi connectivity index (χ4v) is 0.830. The molecule has 1 atom stereocenters. The average molecular weight is 212 g/mol. The van der Waals surface area contributed by atoms with Crippen LogP contribution in [0.3, 0.4) is 0 Å². The topological polar surface area (TPSA) is 53.9 Å². The number of quaternary nitrogens is 1. The van der Waals surface area contributed by atoms with E-state index in [1.54, 1.807) is 0 Å². The average Bonchev–Trinajstić information content (AvgIpc) is 2.03. The van der Waals surface area contributed by atoms with Crippen molar-refractivity contribution in [2.24, 2.45) is 0 Å². The standard InChI is InChI=1S/C8H12F3NO2/c1-3-5-7(12,8(9,10)11)6(13)14-4-2/h3H,1,4-5,12H2,2H3/p+1. The second kappa shape index (κ2) is 4.45. The number of halogens is 3. The van der Waals surface area contributed by atoms with Gasteiger partial charge in [0.2, 0.25) is 0 Å². The third kappa shape index (κ3) is 2.47. The van der Waals surface area contributed by atoms with Gasteiger partial charge in [0.25, 0.3) is 5.54 Å². The predicted octanol–water partition coefficient (Wildman–Crippen LogP) is 0.669. The summed E-state index contributed by atoms with van der Waals surface area (Å²) in [6, 6.07) is 0. The van der Waals surface area contributed by atoms with Gasteiger partial charge in [0.1, 0.15) is 0 Å². The zero-order valence-corrected chi connectivity index (χ0v) is 7.86. The molecule has 0 saturated heterocycles. The Labute approximate surface area is 79.7 Å². The van der Waals surface area contributed by atoms with Crippen molar-refractivity contribution in [3.63, 3.8) is 0 Å². The first-order valence-electron chi connectivity index (χ1n) is 3.99. The van der Waals surface area contributed by atoms with Crippen LogP contribution in [0.1, 0.15) is 13.3 Å². The van der Waals surface area contributed by atoms with Crippen LogP contribution >= 0.6 is 0 Å². The molecule has 0 aliphatic carbocycles. The van der Waals surface area contributed by atoms with Crippen LogP contribution in [0.2, 0.25) is 0 Å². The number of hydrogen-bond donors (Lipinski definition) is 1. The molecule has 0 rings (SSSR count). The molecule has 3 nitrogen and oxygen atoms in total. The maximum Gasteiger partial charge on any atom is 0.456 e. The van der Waals surface area contributed by atoms with E-state index in [9.17, 15) is 18.0 Å². The molecule has 1 unspecified atom stereocenters. The van der Waals surface area contributed by atoms with E-state index in [0.717, 1.165) is 6.08 Å². The molecular formula is C8H13F3NO2+. The molecular weight excluding hydrogens is 199 g/mol. The van der Waals surface area contributed by atoms with Gasteiger partial charge in [-0.05, 0) is 6.92 Å². The molecule has 3 N–H and O–H groups in total. The van der Waals surface area contributed by atoms with E-state index in [4.69, 9.17) is 0 Å². The van der Waals surface area contributed by atoms with Crippen LogP contribution in [0.5, 0.6) is 0 Å². The van der Waals surface area contributed by atoms with Gasteiger partial charge in [0.05, 0.1) is 6.61 Å². The third-order valence-electron chi connectivity index (χ3n) is 1.70. The molecule has 0 spiro atoms. The second-order valence-electron chi connectivity index (χ2n) is 2.79. The minimum Gasteiger partial charge on any atom is -0.461 e. The summed E-state index contributed by atoms with van der Waals surface area (Å²) < 4.78 is 41.7. The van der Waals surface area contributed by atoms with Crippen molar-refractivity contribution in [1.82, 2.24) is 0 Å². The van der Waals surface area contributed by atoms with E-state index in [0.29, 0.717) is 0 Å². The number of hydrogen-bond acceptors (Lipinski definition) is 2. The fraction of sp³-hybridized carbons (Fsp3) is 0.625. The Morgan fingerprint density at radius 2 is 2.07 bits per heavy atom. The van der Waals surface area contributed by atoms with E-state index in [-0.39, 0.29) is 6.61 Å². The zero-order valence-electron chi connectivity index (χ0n) is 7.86. The summed E-state index contributed by atoms with van der Waals surface area (Å²) >= 11 is 0. The molecule has 6 heteroatoms. The molecule has 0 amide bonds. The van der Waals surface area contributed by atoms with Gasteiger partial charge in [0.15, 0.2) is 0 Å². The lowest BCUT2D eigenvalue weighted by Gasteiger charge is -2.24. The van der Waals surface area contributed by atoms with Crippen molar-refractivity contribution in [2.75, 3.05) is 6.61 Å². The Bertz CT molecular complexity index is 227. The largest absolute Gasteiger partial charge is 0.461 e. The Hall–Kier alpha value is -1.04. The SMILES string of the molecule is C=CCC([NH3+])(C(=O)OCC)C(F)(F)F. The van der Waals surface area contributed by atoms with E-state index in [1.807, 2.05) is 0 Å².